The van der Waals surface area contributed by atoms with E-state index in [4.69, 9.17) is 10.8 Å². The van der Waals surface area contributed by atoms with E-state index < -0.39 is 5.97 Å². The standard InChI is InChI=1S/C2H5BNO3/c4-1-2(5)7-3-6/h6H,1,4H2. The largest absolute Gasteiger partial charge is 0.571 e. The SMILES string of the molecule is NCC(=O)O[B]O. The Morgan fingerprint density at radius 1 is 2.00 bits per heavy atom. The monoisotopic (exact) mass is 102 g/mol. The van der Waals surface area contributed by atoms with E-state index in [1.807, 2.05) is 0 Å². The molecular weight excluding hydrogens is 96.8 g/mol. The number of carbonyl (C=O) groups is 1. The molecular formula is C2H5BNO3. The van der Waals surface area contributed by atoms with Crippen molar-refractivity contribution in [2.45, 2.75) is 0 Å². The molecule has 7 heavy (non-hydrogen) atoms. The Labute approximate surface area is 41.6 Å². The lowest BCUT2D eigenvalue weighted by Gasteiger charge is -1.91. The van der Waals surface area contributed by atoms with E-state index in [9.17, 15) is 4.79 Å². The summed E-state index contributed by atoms with van der Waals surface area (Å²) in [4.78, 5) is 9.87. The molecule has 39 valence electrons. The van der Waals surface area contributed by atoms with Crippen LogP contribution in [0, 0.1) is 0 Å². The normalized spacial score (nSPS) is 7.71. The molecule has 0 saturated heterocycles. The fraction of sp³-hybridized carbons (Fsp3) is 0.500. The smallest absolute Gasteiger partial charge is 0.510 e. The molecule has 0 aromatic heterocycles. The Kier molecular flexibility index (Phi) is 3.35. The zero-order chi connectivity index (χ0) is 5.70. The van der Waals surface area contributed by atoms with Crippen LogP contribution in [0.25, 0.3) is 0 Å². The van der Waals surface area contributed by atoms with Gasteiger partial charge >= 0.3 is 13.7 Å². The van der Waals surface area contributed by atoms with Crippen molar-refractivity contribution in [2.24, 2.45) is 5.73 Å². The maximum Gasteiger partial charge on any atom is 0.571 e. The second-order valence-electron chi connectivity index (χ2n) is 0.799. The van der Waals surface area contributed by atoms with Crippen molar-refractivity contribution in [3.05, 3.63) is 0 Å². The molecule has 0 saturated carbocycles. The molecule has 3 N–H and O–H groups in total. The van der Waals surface area contributed by atoms with Gasteiger partial charge in [-0.3, -0.25) is 4.79 Å². The summed E-state index contributed by atoms with van der Waals surface area (Å²) in [5.74, 6) is -0.650. The summed E-state index contributed by atoms with van der Waals surface area (Å²) in [5, 5.41) is 7.74. The molecule has 0 aliphatic carbocycles. The van der Waals surface area contributed by atoms with Crippen LogP contribution in [-0.4, -0.2) is 25.2 Å². The molecule has 5 heteroatoms. The highest BCUT2D eigenvalue weighted by atomic mass is 16.6. The van der Waals surface area contributed by atoms with Crippen LogP contribution in [0.2, 0.25) is 0 Å². The summed E-state index contributed by atoms with van der Waals surface area (Å²) in [6.07, 6.45) is 0. The summed E-state index contributed by atoms with van der Waals surface area (Å²) in [5.41, 5.74) is 4.75. The number of carbonyl (C=O) groups excluding carboxylic acids is 1. The van der Waals surface area contributed by atoms with Crippen LogP contribution in [0.4, 0.5) is 0 Å². The molecule has 0 unspecified atom stereocenters. The lowest BCUT2D eigenvalue weighted by atomic mass is 10.4. The minimum Gasteiger partial charge on any atom is -0.510 e. The van der Waals surface area contributed by atoms with Crippen molar-refractivity contribution in [1.82, 2.24) is 0 Å². The number of hydrogen-bond acceptors (Lipinski definition) is 4. The topological polar surface area (TPSA) is 72.6 Å². The first-order valence-electron chi connectivity index (χ1n) is 1.66. The zero-order valence-electron chi connectivity index (χ0n) is 3.63. The molecule has 0 aliphatic rings. The van der Waals surface area contributed by atoms with Crippen molar-refractivity contribution in [3.63, 3.8) is 0 Å². The first kappa shape index (κ1) is 6.45. The molecule has 1 radical (unpaired) electrons. The van der Waals surface area contributed by atoms with Gasteiger partial charge in [0.2, 0.25) is 0 Å². The van der Waals surface area contributed by atoms with Crippen LogP contribution in [0.1, 0.15) is 0 Å². The Bertz CT molecular complexity index is 66.0. The van der Waals surface area contributed by atoms with Gasteiger partial charge in [-0.1, -0.05) is 0 Å². The minimum atomic E-state index is -0.650. The highest BCUT2D eigenvalue weighted by Gasteiger charge is 1.95. The predicted molar refractivity (Wildman–Crippen MR) is 23.1 cm³/mol. The molecule has 4 nitrogen and oxygen atoms in total. The fourth-order valence-corrected chi connectivity index (χ4v) is 0.107. The molecule has 0 aromatic rings. The summed E-state index contributed by atoms with van der Waals surface area (Å²) in [6, 6.07) is 0. The van der Waals surface area contributed by atoms with Crippen LogP contribution < -0.4 is 5.73 Å². The Morgan fingerprint density at radius 3 is 2.71 bits per heavy atom. The second kappa shape index (κ2) is 3.64. The van der Waals surface area contributed by atoms with Gasteiger partial charge in [0.25, 0.3) is 0 Å². The minimum absolute atomic E-state index is 0.211. The molecule has 0 amide bonds. The quantitative estimate of drug-likeness (QED) is 0.396. The van der Waals surface area contributed by atoms with Crippen LogP contribution in [0.5, 0.6) is 0 Å². The van der Waals surface area contributed by atoms with Crippen LogP contribution in [0.3, 0.4) is 0 Å². The molecule has 0 aliphatic heterocycles. The van der Waals surface area contributed by atoms with Gasteiger partial charge < -0.3 is 15.4 Å². The van der Waals surface area contributed by atoms with Gasteiger partial charge in [-0.15, -0.1) is 0 Å². The summed E-state index contributed by atoms with van der Waals surface area (Å²) in [7, 11) is 0.301. The second-order valence-corrected chi connectivity index (χ2v) is 0.799. The number of hydrogen-bond donors (Lipinski definition) is 2. The van der Waals surface area contributed by atoms with Crippen molar-refractivity contribution >= 4 is 13.7 Å². The first-order valence-corrected chi connectivity index (χ1v) is 1.66. The lowest BCUT2D eigenvalue weighted by Crippen LogP contribution is -2.18. The van der Waals surface area contributed by atoms with E-state index in [2.05, 4.69) is 4.65 Å². The maximum absolute atomic E-state index is 9.87. The third kappa shape index (κ3) is 3.28. The van der Waals surface area contributed by atoms with Gasteiger partial charge in [0.15, 0.2) is 0 Å². The Morgan fingerprint density at radius 2 is 2.57 bits per heavy atom. The van der Waals surface area contributed by atoms with Crippen molar-refractivity contribution in [1.29, 1.82) is 0 Å². The van der Waals surface area contributed by atoms with Crippen molar-refractivity contribution < 1.29 is 14.5 Å². The van der Waals surface area contributed by atoms with Gasteiger partial charge in [-0.05, 0) is 0 Å². The maximum atomic E-state index is 9.87. The molecule has 0 heterocycles. The molecule has 0 bridgehead atoms. The highest BCUT2D eigenvalue weighted by Crippen LogP contribution is 1.64. The predicted octanol–water partition coefficient (Wildman–Crippen LogP) is -1.99. The van der Waals surface area contributed by atoms with Crippen LogP contribution >= 0.6 is 0 Å². The Hall–Kier alpha value is -0.545. The lowest BCUT2D eigenvalue weighted by molar-refractivity contribution is -0.133. The van der Waals surface area contributed by atoms with E-state index in [0.717, 1.165) is 0 Å². The first-order chi connectivity index (χ1) is 3.31. The van der Waals surface area contributed by atoms with Gasteiger partial charge in [-0.2, -0.15) is 0 Å². The van der Waals surface area contributed by atoms with E-state index in [1.54, 1.807) is 0 Å². The molecule has 0 fully saturated rings. The molecule has 0 atom stereocenters. The average molecular weight is 102 g/mol. The van der Waals surface area contributed by atoms with Crippen molar-refractivity contribution in [3.8, 4) is 0 Å². The van der Waals surface area contributed by atoms with Gasteiger partial charge in [-0.25, -0.2) is 0 Å². The van der Waals surface area contributed by atoms with E-state index in [-0.39, 0.29) is 6.54 Å². The van der Waals surface area contributed by atoms with Crippen LogP contribution in [-0.2, 0) is 9.45 Å². The summed E-state index contributed by atoms with van der Waals surface area (Å²) < 4.78 is 3.86. The molecule has 0 spiro atoms. The number of nitrogens with two attached hydrogens (primary N) is 1. The van der Waals surface area contributed by atoms with Crippen LogP contribution in [0.15, 0.2) is 0 Å². The number of rotatable bonds is 2. The fourth-order valence-electron chi connectivity index (χ4n) is 0.107. The van der Waals surface area contributed by atoms with Gasteiger partial charge in [0.05, 0.1) is 6.54 Å². The molecule has 0 aromatic carbocycles. The van der Waals surface area contributed by atoms with E-state index >= 15 is 0 Å². The van der Waals surface area contributed by atoms with Crippen molar-refractivity contribution in [2.75, 3.05) is 6.54 Å². The van der Waals surface area contributed by atoms with Gasteiger partial charge in [0.1, 0.15) is 0 Å². The Balaban J connectivity index is 3.00. The molecule has 0 rings (SSSR count). The van der Waals surface area contributed by atoms with E-state index in [0.29, 0.717) is 7.69 Å². The highest BCUT2D eigenvalue weighted by molar-refractivity contribution is 6.20. The summed E-state index contributed by atoms with van der Waals surface area (Å²) >= 11 is 0. The third-order valence-corrected chi connectivity index (χ3v) is 0.351. The zero-order valence-corrected chi connectivity index (χ0v) is 3.63. The third-order valence-electron chi connectivity index (χ3n) is 0.351. The van der Waals surface area contributed by atoms with Gasteiger partial charge in [0, 0.05) is 0 Å². The average Bonchev–Trinajstić information content (AvgIpc) is 1.68. The summed E-state index contributed by atoms with van der Waals surface area (Å²) in [6.45, 7) is -0.211. The van der Waals surface area contributed by atoms with E-state index in [1.165, 1.54) is 0 Å².